The molecule has 3 aromatic rings. The number of pyridine rings is 1. The Morgan fingerprint density at radius 2 is 1.93 bits per heavy atom. The number of anilines is 1. The highest BCUT2D eigenvalue weighted by Gasteiger charge is 2.18. The van der Waals surface area contributed by atoms with E-state index in [9.17, 15) is 9.90 Å². The maximum atomic E-state index is 11.6. The van der Waals surface area contributed by atoms with Crippen molar-refractivity contribution in [3.8, 4) is 0 Å². The molecule has 0 saturated heterocycles. The fourth-order valence-electron chi connectivity index (χ4n) is 2.67. The van der Waals surface area contributed by atoms with Crippen LogP contribution in [0.1, 0.15) is 30.9 Å². The number of nitrogens with zero attached hydrogens (tertiary/aromatic N) is 7. The number of carbonyl (C=O) groups is 1. The van der Waals surface area contributed by atoms with Gasteiger partial charge in [0.15, 0.2) is 12.3 Å². The smallest absolute Gasteiger partial charge is 0.413 e. The molecule has 0 saturated carbocycles. The molecule has 0 aliphatic rings. The first-order valence-electron chi connectivity index (χ1n) is 9.19. The Balaban J connectivity index is 1.80. The van der Waals surface area contributed by atoms with E-state index in [-0.39, 0.29) is 13.2 Å². The molecule has 30 heavy (non-hydrogen) atoms. The van der Waals surface area contributed by atoms with Gasteiger partial charge in [-0.25, -0.2) is 14.5 Å². The van der Waals surface area contributed by atoms with Gasteiger partial charge in [-0.1, -0.05) is 55.4 Å². The van der Waals surface area contributed by atoms with E-state index in [1.54, 1.807) is 25.2 Å². The zero-order valence-electron chi connectivity index (χ0n) is 16.9. The molecule has 2 heterocycles. The van der Waals surface area contributed by atoms with E-state index in [1.807, 2.05) is 44.2 Å². The van der Waals surface area contributed by atoms with Gasteiger partial charge in [-0.15, -0.1) is 5.10 Å². The number of rotatable bonds is 8. The second-order valence-corrected chi connectivity index (χ2v) is 6.77. The molecule has 0 atom stereocenters. The molecule has 10 nitrogen and oxygen atoms in total. The summed E-state index contributed by atoms with van der Waals surface area (Å²) in [6, 6.07) is 14.5. The average Bonchev–Trinajstić information content (AvgIpc) is 3.15. The molecule has 1 N–H and O–H groups in total. The van der Waals surface area contributed by atoms with Gasteiger partial charge < -0.3 is 9.94 Å². The molecule has 1 amide bonds. The summed E-state index contributed by atoms with van der Waals surface area (Å²) in [4.78, 5) is 22.7. The molecule has 0 aliphatic heterocycles. The van der Waals surface area contributed by atoms with Crippen molar-refractivity contribution < 1.29 is 14.7 Å². The second-order valence-electron chi connectivity index (χ2n) is 6.77. The Hall–Kier alpha value is -3.82. The molecule has 155 valence electrons. The summed E-state index contributed by atoms with van der Waals surface area (Å²) in [6.07, 6.45) is -1.07. The number of oxime groups is 1. The Labute approximate surface area is 173 Å². The van der Waals surface area contributed by atoms with Crippen molar-refractivity contribution in [2.75, 3.05) is 11.4 Å². The van der Waals surface area contributed by atoms with Gasteiger partial charge in [-0.05, 0) is 28.5 Å². The predicted molar refractivity (Wildman–Crippen MR) is 110 cm³/mol. The van der Waals surface area contributed by atoms with E-state index in [4.69, 9.17) is 4.84 Å². The number of aryl methyl sites for hydroxylation is 1. The Bertz CT molecular complexity index is 1020. The summed E-state index contributed by atoms with van der Waals surface area (Å²) in [6.45, 7) is 4.05. The van der Waals surface area contributed by atoms with Gasteiger partial charge in [0, 0.05) is 19.2 Å². The lowest BCUT2D eigenvalue weighted by molar-refractivity contribution is 0.128. The zero-order valence-corrected chi connectivity index (χ0v) is 16.9. The Morgan fingerprint density at radius 1 is 1.17 bits per heavy atom. The lowest BCUT2D eigenvalue weighted by Crippen LogP contribution is -2.33. The lowest BCUT2D eigenvalue weighted by atomic mass is 10.1. The molecular formula is C20H22N7O3. The van der Waals surface area contributed by atoms with Crippen LogP contribution in [0.4, 0.5) is 10.6 Å². The molecule has 2 aromatic heterocycles. The molecule has 0 bridgehead atoms. The molecule has 10 heteroatoms. The van der Waals surface area contributed by atoms with Crippen molar-refractivity contribution >= 4 is 17.6 Å². The van der Waals surface area contributed by atoms with Gasteiger partial charge in [-0.2, -0.15) is 0 Å². The SMILES string of the molecule is C[C](C)CN(C(=O)O)c1cccc(CON=C(c2ccccc2)c2nnnn2C)n1. The molecule has 3 rings (SSSR count). The van der Waals surface area contributed by atoms with Crippen molar-refractivity contribution in [3.63, 3.8) is 0 Å². The molecule has 0 aliphatic carbocycles. The monoisotopic (exact) mass is 408 g/mol. The van der Waals surface area contributed by atoms with Crippen LogP contribution in [-0.2, 0) is 18.5 Å². The number of carboxylic acid groups (broad SMARTS) is 1. The van der Waals surface area contributed by atoms with Crippen molar-refractivity contribution in [2.45, 2.75) is 20.5 Å². The van der Waals surface area contributed by atoms with E-state index >= 15 is 0 Å². The molecule has 1 radical (unpaired) electrons. The third kappa shape index (κ3) is 5.16. The van der Waals surface area contributed by atoms with Crippen LogP contribution in [0.5, 0.6) is 0 Å². The summed E-state index contributed by atoms with van der Waals surface area (Å²) in [5.41, 5.74) is 1.81. The average molecular weight is 408 g/mol. The standard InChI is InChI=1S/C20H22N7O3/c1-14(2)12-27(20(28)29)17-11-7-10-16(21-17)13-30-23-18(15-8-5-4-6-9-15)19-22-24-25-26(19)3/h4-11H,12-13H2,1-3H3,(H,28,29). The topological polar surface area (TPSA) is 119 Å². The summed E-state index contributed by atoms with van der Waals surface area (Å²) >= 11 is 0. The van der Waals surface area contributed by atoms with Crippen LogP contribution in [0.15, 0.2) is 53.7 Å². The van der Waals surface area contributed by atoms with Crippen LogP contribution in [0.2, 0.25) is 0 Å². The Morgan fingerprint density at radius 3 is 2.57 bits per heavy atom. The van der Waals surface area contributed by atoms with E-state index in [1.165, 1.54) is 9.58 Å². The third-order valence-corrected chi connectivity index (χ3v) is 4.02. The first-order valence-corrected chi connectivity index (χ1v) is 9.19. The highest BCUT2D eigenvalue weighted by atomic mass is 16.6. The minimum absolute atomic E-state index is 0.0533. The van der Waals surface area contributed by atoms with Crippen LogP contribution < -0.4 is 4.90 Å². The van der Waals surface area contributed by atoms with Crippen LogP contribution >= 0.6 is 0 Å². The highest BCUT2D eigenvalue weighted by molar-refractivity contribution is 6.10. The van der Waals surface area contributed by atoms with Gasteiger partial charge >= 0.3 is 6.09 Å². The maximum absolute atomic E-state index is 11.6. The third-order valence-electron chi connectivity index (χ3n) is 4.02. The van der Waals surface area contributed by atoms with Crippen LogP contribution in [-0.4, -0.2) is 48.6 Å². The fraction of sp³-hybridized carbons (Fsp3) is 0.250. The molecule has 0 spiro atoms. The first kappa shape index (κ1) is 20.9. The minimum Gasteiger partial charge on any atom is -0.465 e. The molecule has 0 fully saturated rings. The number of hydrogen-bond donors (Lipinski definition) is 1. The van der Waals surface area contributed by atoms with Crippen LogP contribution in [0.25, 0.3) is 0 Å². The summed E-state index contributed by atoms with van der Waals surface area (Å²) in [5.74, 6) is 1.73. The van der Waals surface area contributed by atoms with E-state index in [0.717, 1.165) is 11.5 Å². The van der Waals surface area contributed by atoms with Gasteiger partial charge in [0.25, 0.3) is 0 Å². The van der Waals surface area contributed by atoms with Crippen molar-refractivity contribution in [3.05, 3.63) is 71.5 Å². The number of aromatic nitrogens is 5. The molecule has 0 unspecified atom stereocenters. The van der Waals surface area contributed by atoms with E-state index in [0.29, 0.717) is 23.0 Å². The molecular weight excluding hydrogens is 386 g/mol. The quantitative estimate of drug-likeness (QED) is 0.449. The fourth-order valence-corrected chi connectivity index (χ4v) is 2.67. The number of benzene rings is 1. The largest absolute Gasteiger partial charge is 0.465 e. The maximum Gasteiger partial charge on any atom is 0.413 e. The van der Waals surface area contributed by atoms with E-state index < -0.39 is 6.09 Å². The Kier molecular flexibility index (Phi) is 6.68. The van der Waals surface area contributed by atoms with Crippen LogP contribution in [0, 0.1) is 5.92 Å². The summed E-state index contributed by atoms with van der Waals surface area (Å²) < 4.78 is 1.50. The number of tetrazole rings is 1. The highest BCUT2D eigenvalue weighted by Crippen LogP contribution is 2.15. The summed E-state index contributed by atoms with van der Waals surface area (Å²) in [5, 5.41) is 25.2. The normalized spacial score (nSPS) is 11.5. The zero-order chi connectivity index (χ0) is 21.5. The van der Waals surface area contributed by atoms with Gasteiger partial charge in [0.05, 0.1) is 5.69 Å². The minimum atomic E-state index is -1.07. The van der Waals surface area contributed by atoms with Gasteiger partial charge in [0.2, 0.25) is 5.82 Å². The van der Waals surface area contributed by atoms with Crippen LogP contribution in [0.3, 0.4) is 0 Å². The van der Waals surface area contributed by atoms with Gasteiger partial charge in [0.1, 0.15) is 5.82 Å². The van der Waals surface area contributed by atoms with Crippen molar-refractivity contribution in [2.24, 2.45) is 12.2 Å². The first-order chi connectivity index (χ1) is 14.5. The molecule has 1 aromatic carbocycles. The second kappa shape index (κ2) is 9.59. The van der Waals surface area contributed by atoms with Gasteiger partial charge in [-0.3, -0.25) is 4.90 Å². The number of hydrogen-bond acceptors (Lipinski definition) is 7. The lowest BCUT2D eigenvalue weighted by Gasteiger charge is -2.20. The summed E-state index contributed by atoms with van der Waals surface area (Å²) in [7, 11) is 1.71. The van der Waals surface area contributed by atoms with Crippen molar-refractivity contribution in [1.29, 1.82) is 0 Å². The number of amides is 1. The predicted octanol–water partition coefficient (Wildman–Crippen LogP) is 2.67. The van der Waals surface area contributed by atoms with Crippen molar-refractivity contribution in [1.82, 2.24) is 25.2 Å². The van der Waals surface area contributed by atoms with E-state index in [2.05, 4.69) is 25.7 Å².